The molecule has 2 aromatic carbocycles. The van der Waals surface area contributed by atoms with E-state index >= 15 is 0 Å². The number of hydrogen-bond acceptors (Lipinski definition) is 3. The van der Waals surface area contributed by atoms with Gasteiger partial charge in [-0.3, -0.25) is 0 Å². The van der Waals surface area contributed by atoms with Crippen molar-refractivity contribution in [3.05, 3.63) is 58.6 Å². The molecule has 0 unspecified atom stereocenters. The number of rotatable bonds is 4. The molecule has 0 amide bonds. The Morgan fingerprint density at radius 2 is 1.95 bits per heavy atom. The number of methoxy groups -OCH3 is 1. The molecular weight excluding hydrogens is 304 g/mol. The number of aliphatic hydroxyl groups excluding tert-OH is 1. The molecule has 0 radical (unpaired) electrons. The van der Waals surface area contributed by atoms with Crippen LogP contribution in [-0.4, -0.2) is 18.8 Å². The van der Waals surface area contributed by atoms with Gasteiger partial charge in [0, 0.05) is 15.7 Å². The van der Waals surface area contributed by atoms with E-state index in [2.05, 4.69) is 11.8 Å². The molecular formula is C17H15ClO2S. The van der Waals surface area contributed by atoms with Crippen LogP contribution in [0.5, 0.6) is 5.75 Å². The van der Waals surface area contributed by atoms with Crippen LogP contribution in [0.15, 0.2) is 47.4 Å². The quantitative estimate of drug-likeness (QED) is 0.683. The third-order valence-electron chi connectivity index (χ3n) is 2.79. The van der Waals surface area contributed by atoms with Gasteiger partial charge in [-0.05, 0) is 42.0 Å². The maximum atomic E-state index is 8.81. The van der Waals surface area contributed by atoms with E-state index in [0.717, 1.165) is 27.7 Å². The summed E-state index contributed by atoms with van der Waals surface area (Å²) >= 11 is 7.60. The fourth-order valence-corrected chi connectivity index (χ4v) is 2.74. The van der Waals surface area contributed by atoms with Crippen LogP contribution in [0, 0.1) is 11.8 Å². The second-order valence-corrected chi connectivity index (χ2v) is 5.72. The first kappa shape index (κ1) is 15.8. The highest BCUT2D eigenvalue weighted by molar-refractivity contribution is 7.98. The van der Waals surface area contributed by atoms with Gasteiger partial charge >= 0.3 is 0 Å². The Hall–Kier alpha value is -1.60. The monoisotopic (exact) mass is 318 g/mol. The van der Waals surface area contributed by atoms with Crippen molar-refractivity contribution in [3.63, 3.8) is 0 Å². The highest BCUT2D eigenvalue weighted by Gasteiger charge is 2.03. The summed E-state index contributed by atoms with van der Waals surface area (Å²) in [4.78, 5) is 1.17. The fourth-order valence-electron chi connectivity index (χ4n) is 1.77. The lowest BCUT2D eigenvalue weighted by molar-refractivity contribution is 0.350. The smallest absolute Gasteiger partial charge is 0.134 e. The van der Waals surface area contributed by atoms with Crippen LogP contribution in [0.1, 0.15) is 11.1 Å². The average molecular weight is 319 g/mol. The number of ether oxygens (including phenoxy) is 1. The zero-order valence-electron chi connectivity index (χ0n) is 11.6. The van der Waals surface area contributed by atoms with Crippen LogP contribution in [0.4, 0.5) is 0 Å². The number of benzene rings is 2. The van der Waals surface area contributed by atoms with Crippen LogP contribution < -0.4 is 4.74 Å². The molecule has 0 bridgehead atoms. The Morgan fingerprint density at radius 1 is 1.19 bits per heavy atom. The summed E-state index contributed by atoms with van der Waals surface area (Å²) in [5.41, 5.74) is 1.94. The summed E-state index contributed by atoms with van der Waals surface area (Å²) < 4.78 is 5.27. The number of thioether (sulfide) groups is 1. The summed E-state index contributed by atoms with van der Waals surface area (Å²) in [6.07, 6.45) is 0. The van der Waals surface area contributed by atoms with Gasteiger partial charge in [0.25, 0.3) is 0 Å². The van der Waals surface area contributed by atoms with Crippen molar-refractivity contribution in [2.75, 3.05) is 13.7 Å². The highest BCUT2D eigenvalue weighted by atomic mass is 35.5. The molecule has 2 rings (SSSR count). The van der Waals surface area contributed by atoms with E-state index in [9.17, 15) is 0 Å². The van der Waals surface area contributed by atoms with E-state index in [-0.39, 0.29) is 6.61 Å². The van der Waals surface area contributed by atoms with Gasteiger partial charge in [-0.1, -0.05) is 29.5 Å². The SMILES string of the molecule is COc1ccc(CSc2ccc(Cl)cc2)cc1C#CCO. The number of aliphatic hydroxyl groups is 1. The first-order valence-corrected chi connectivity index (χ1v) is 7.74. The molecule has 0 saturated carbocycles. The predicted octanol–water partition coefficient (Wildman–Crippen LogP) is 3.98. The van der Waals surface area contributed by atoms with Crippen molar-refractivity contribution in [2.24, 2.45) is 0 Å². The van der Waals surface area contributed by atoms with E-state index in [4.69, 9.17) is 21.4 Å². The largest absolute Gasteiger partial charge is 0.495 e. The van der Waals surface area contributed by atoms with Crippen LogP contribution in [0.2, 0.25) is 5.02 Å². The molecule has 0 aliphatic carbocycles. The van der Waals surface area contributed by atoms with E-state index in [1.165, 1.54) is 4.90 Å². The molecule has 21 heavy (non-hydrogen) atoms. The first-order valence-electron chi connectivity index (χ1n) is 6.38. The summed E-state index contributed by atoms with van der Waals surface area (Å²) in [7, 11) is 1.61. The van der Waals surface area contributed by atoms with Crippen molar-refractivity contribution in [1.82, 2.24) is 0 Å². The standard InChI is InChI=1S/C17H15ClO2S/c1-20-17-9-4-13(11-14(17)3-2-10-19)12-21-16-7-5-15(18)6-8-16/h4-9,11,19H,10,12H2,1H3. The van der Waals surface area contributed by atoms with Gasteiger partial charge < -0.3 is 9.84 Å². The van der Waals surface area contributed by atoms with E-state index in [0.29, 0.717) is 0 Å². The van der Waals surface area contributed by atoms with Crippen molar-refractivity contribution >= 4 is 23.4 Å². The second kappa shape index (κ2) is 7.99. The molecule has 0 spiro atoms. The molecule has 0 fully saturated rings. The van der Waals surface area contributed by atoms with Crippen LogP contribution in [0.25, 0.3) is 0 Å². The van der Waals surface area contributed by atoms with Crippen LogP contribution in [-0.2, 0) is 5.75 Å². The van der Waals surface area contributed by atoms with Crippen molar-refractivity contribution in [1.29, 1.82) is 0 Å². The minimum absolute atomic E-state index is 0.160. The molecule has 0 aromatic heterocycles. The summed E-state index contributed by atoms with van der Waals surface area (Å²) in [6.45, 7) is -0.160. The van der Waals surface area contributed by atoms with Crippen molar-refractivity contribution < 1.29 is 9.84 Å². The van der Waals surface area contributed by atoms with E-state index in [1.54, 1.807) is 18.9 Å². The first-order chi connectivity index (χ1) is 10.2. The lowest BCUT2D eigenvalue weighted by Crippen LogP contribution is -1.91. The Bertz CT molecular complexity index is 657. The Balaban J connectivity index is 2.11. The van der Waals surface area contributed by atoms with Crippen molar-refractivity contribution in [2.45, 2.75) is 10.6 Å². The van der Waals surface area contributed by atoms with Crippen molar-refractivity contribution in [3.8, 4) is 17.6 Å². The molecule has 0 saturated heterocycles. The van der Waals surface area contributed by atoms with Crippen LogP contribution >= 0.6 is 23.4 Å². The van der Waals surface area contributed by atoms with Gasteiger partial charge in [-0.15, -0.1) is 11.8 Å². The molecule has 0 aliphatic heterocycles. The molecule has 1 N–H and O–H groups in total. The molecule has 2 nitrogen and oxygen atoms in total. The maximum absolute atomic E-state index is 8.81. The minimum atomic E-state index is -0.160. The molecule has 108 valence electrons. The lowest BCUT2D eigenvalue weighted by Gasteiger charge is -2.07. The van der Waals surface area contributed by atoms with Gasteiger partial charge in [0.2, 0.25) is 0 Å². The lowest BCUT2D eigenvalue weighted by atomic mass is 10.1. The Morgan fingerprint density at radius 3 is 2.62 bits per heavy atom. The summed E-state index contributed by atoms with van der Waals surface area (Å²) in [6, 6.07) is 13.7. The molecule has 0 aliphatic rings. The fraction of sp³-hybridized carbons (Fsp3) is 0.176. The van der Waals surface area contributed by atoms with Gasteiger partial charge in [-0.25, -0.2) is 0 Å². The Kier molecular flexibility index (Phi) is 6.01. The summed E-state index contributed by atoms with van der Waals surface area (Å²) in [5, 5.41) is 9.55. The maximum Gasteiger partial charge on any atom is 0.134 e. The zero-order chi connectivity index (χ0) is 15.1. The molecule has 0 atom stereocenters. The predicted molar refractivity (Wildman–Crippen MR) is 88.0 cm³/mol. The van der Waals surface area contributed by atoms with Gasteiger partial charge in [-0.2, -0.15) is 0 Å². The normalized spacial score (nSPS) is 9.86. The number of hydrogen-bond donors (Lipinski definition) is 1. The van der Waals surface area contributed by atoms with Gasteiger partial charge in [0.1, 0.15) is 12.4 Å². The highest BCUT2D eigenvalue weighted by Crippen LogP contribution is 2.26. The number of halogens is 1. The Labute approximate surface area is 134 Å². The molecule has 2 aromatic rings. The topological polar surface area (TPSA) is 29.5 Å². The average Bonchev–Trinajstić information content (AvgIpc) is 2.52. The zero-order valence-corrected chi connectivity index (χ0v) is 13.2. The molecule has 0 heterocycles. The van der Waals surface area contributed by atoms with Crippen LogP contribution in [0.3, 0.4) is 0 Å². The van der Waals surface area contributed by atoms with E-state index < -0.39 is 0 Å². The summed E-state index contributed by atoms with van der Waals surface area (Å²) in [5.74, 6) is 7.11. The van der Waals surface area contributed by atoms with E-state index in [1.807, 2.05) is 42.5 Å². The third-order valence-corrected chi connectivity index (χ3v) is 4.12. The van der Waals surface area contributed by atoms with Gasteiger partial charge in [0.15, 0.2) is 0 Å². The third kappa shape index (κ3) is 4.71. The molecule has 4 heteroatoms. The minimum Gasteiger partial charge on any atom is -0.495 e. The second-order valence-electron chi connectivity index (χ2n) is 4.24. The van der Waals surface area contributed by atoms with Gasteiger partial charge in [0.05, 0.1) is 12.7 Å².